The van der Waals surface area contributed by atoms with Gasteiger partial charge in [-0.3, -0.25) is 9.78 Å². The largest absolute Gasteiger partial charge is 0.483 e. The number of alkyl halides is 6. The molecule has 136 valence electrons. The molecule has 0 aliphatic heterocycles. The molecule has 0 saturated carbocycles. The molecule has 0 radical (unpaired) electrons. The second kappa shape index (κ2) is 7.88. The van der Waals surface area contributed by atoms with Gasteiger partial charge in [-0.15, -0.1) is 0 Å². The van der Waals surface area contributed by atoms with Crippen LogP contribution in [0.3, 0.4) is 0 Å². The number of hydrogen-bond donors (Lipinski definition) is 2. The summed E-state index contributed by atoms with van der Waals surface area (Å²) in [6.45, 7) is -0.647. The van der Waals surface area contributed by atoms with Crippen molar-refractivity contribution in [2.45, 2.75) is 18.9 Å². The Morgan fingerprint density at radius 3 is 1.92 bits per heavy atom. The summed E-state index contributed by atoms with van der Waals surface area (Å²) in [6.07, 6.45) is -7.06. The molecule has 0 atom stereocenters. The zero-order valence-electron chi connectivity index (χ0n) is 12.1. The first-order valence-corrected chi connectivity index (χ1v) is 6.28. The van der Waals surface area contributed by atoms with Gasteiger partial charge in [-0.1, -0.05) is 0 Å². The van der Waals surface area contributed by atoms with E-state index in [4.69, 9.17) is 15.6 Å². The molecule has 0 unspecified atom stereocenters. The minimum absolute atomic E-state index is 0.00201. The lowest BCUT2D eigenvalue weighted by atomic mass is 10.1. The van der Waals surface area contributed by atoms with E-state index in [1.165, 1.54) is 0 Å². The fourth-order valence-corrected chi connectivity index (χ4v) is 1.69. The minimum atomic E-state index is -4.70. The molecule has 3 N–H and O–H groups in total. The summed E-state index contributed by atoms with van der Waals surface area (Å²) in [6, 6.07) is 1.05. The van der Waals surface area contributed by atoms with Crippen molar-refractivity contribution in [3.63, 3.8) is 0 Å². The topological polar surface area (TPSA) is 102 Å². The van der Waals surface area contributed by atoms with Crippen LogP contribution in [-0.4, -0.2) is 26.5 Å². The first-order chi connectivity index (χ1) is 11.5. The Morgan fingerprint density at radius 1 is 1.00 bits per heavy atom. The van der Waals surface area contributed by atoms with Crippen molar-refractivity contribution in [1.29, 1.82) is 0 Å². The predicted octanol–water partition coefficient (Wildman–Crippen LogP) is 2.74. The van der Waals surface area contributed by atoms with Gasteiger partial charge in [-0.2, -0.15) is 26.3 Å². The van der Waals surface area contributed by atoms with Crippen molar-refractivity contribution in [3.05, 3.63) is 41.6 Å². The number of halogens is 6. The molecule has 0 fully saturated rings. The molecule has 2 heterocycles. The molecular formula is C13H10F6N4O2. The predicted molar refractivity (Wildman–Crippen MR) is 71.9 cm³/mol. The SMILES string of the molecule is NCc1cc(-c2cnc(C(F)(F)F)nc2)ncc1C(F)(F)F.O=CO. The molecule has 0 amide bonds. The van der Waals surface area contributed by atoms with Gasteiger partial charge in [0.15, 0.2) is 0 Å². The van der Waals surface area contributed by atoms with E-state index in [-0.39, 0.29) is 23.3 Å². The zero-order valence-corrected chi connectivity index (χ0v) is 12.1. The van der Waals surface area contributed by atoms with Gasteiger partial charge < -0.3 is 10.8 Å². The number of aromatic nitrogens is 3. The Hall–Kier alpha value is -2.76. The third kappa shape index (κ3) is 5.38. The molecule has 12 heteroatoms. The van der Waals surface area contributed by atoms with Crippen LogP contribution in [0.25, 0.3) is 11.3 Å². The van der Waals surface area contributed by atoms with Gasteiger partial charge in [0.2, 0.25) is 5.82 Å². The Balaban J connectivity index is 0.000000970. The van der Waals surface area contributed by atoms with E-state index < -0.39 is 30.3 Å². The van der Waals surface area contributed by atoms with Crippen LogP contribution in [0.4, 0.5) is 26.3 Å². The number of carboxylic acid groups (broad SMARTS) is 1. The Morgan fingerprint density at radius 2 is 1.52 bits per heavy atom. The average molecular weight is 368 g/mol. The number of rotatable bonds is 2. The van der Waals surface area contributed by atoms with Gasteiger partial charge in [-0.25, -0.2) is 9.97 Å². The fourth-order valence-electron chi connectivity index (χ4n) is 1.69. The van der Waals surface area contributed by atoms with Crippen molar-refractivity contribution < 1.29 is 36.2 Å². The lowest BCUT2D eigenvalue weighted by Gasteiger charge is -2.12. The van der Waals surface area contributed by atoms with Gasteiger partial charge in [0.1, 0.15) is 0 Å². The van der Waals surface area contributed by atoms with Crippen LogP contribution in [0.5, 0.6) is 0 Å². The summed E-state index contributed by atoms with van der Waals surface area (Å²) in [4.78, 5) is 18.2. The maximum Gasteiger partial charge on any atom is 0.451 e. The lowest BCUT2D eigenvalue weighted by molar-refractivity contribution is -0.145. The molecule has 0 aliphatic rings. The Bertz CT molecular complexity index is 716. The van der Waals surface area contributed by atoms with Crippen molar-refractivity contribution in [2.24, 2.45) is 5.73 Å². The number of hydrogen-bond acceptors (Lipinski definition) is 5. The third-order valence-corrected chi connectivity index (χ3v) is 2.72. The standard InChI is InChI=1S/C12H8F6N4.CH2O2/c13-11(14,15)8-5-20-9(1-6(8)2-19)7-3-21-10(22-4-7)12(16,17)18;2-1-3/h1,3-5H,2,19H2;1H,(H,2,3). The highest BCUT2D eigenvalue weighted by Gasteiger charge is 2.35. The summed E-state index contributed by atoms with van der Waals surface area (Å²) in [5.41, 5.74) is 4.10. The van der Waals surface area contributed by atoms with Crippen molar-refractivity contribution in [3.8, 4) is 11.3 Å². The van der Waals surface area contributed by atoms with Gasteiger partial charge >= 0.3 is 12.4 Å². The number of carbonyl (C=O) groups is 1. The molecule has 6 nitrogen and oxygen atoms in total. The van der Waals surface area contributed by atoms with Crippen LogP contribution < -0.4 is 5.73 Å². The summed E-state index contributed by atoms with van der Waals surface area (Å²) >= 11 is 0. The summed E-state index contributed by atoms with van der Waals surface area (Å²) in [5.74, 6) is -1.35. The van der Waals surface area contributed by atoms with E-state index in [0.717, 1.165) is 18.5 Å². The normalized spacial score (nSPS) is 11.5. The quantitative estimate of drug-likeness (QED) is 0.624. The van der Waals surface area contributed by atoms with Crippen molar-refractivity contribution in [2.75, 3.05) is 0 Å². The maximum atomic E-state index is 12.7. The van der Waals surface area contributed by atoms with Crippen LogP contribution in [-0.2, 0) is 23.7 Å². The molecular weight excluding hydrogens is 358 g/mol. The van der Waals surface area contributed by atoms with Crippen LogP contribution >= 0.6 is 0 Å². The van der Waals surface area contributed by atoms with Crippen LogP contribution in [0, 0.1) is 0 Å². The second-order valence-corrected chi connectivity index (χ2v) is 4.33. The summed E-state index contributed by atoms with van der Waals surface area (Å²) in [7, 11) is 0. The highest BCUT2D eigenvalue weighted by Crippen LogP contribution is 2.33. The molecule has 2 aromatic heterocycles. The second-order valence-electron chi connectivity index (χ2n) is 4.33. The highest BCUT2D eigenvalue weighted by atomic mass is 19.4. The van der Waals surface area contributed by atoms with E-state index in [9.17, 15) is 26.3 Å². The maximum absolute atomic E-state index is 12.7. The number of nitrogens with two attached hydrogens (primary N) is 1. The summed E-state index contributed by atoms with van der Waals surface area (Å²) < 4.78 is 75.2. The van der Waals surface area contributed by atoms with Gasteiger partial charge in [-0.05, 0) is 11.6 Å². The first-order valence-electron chi connectivity index (χ1n) is 6.28. The monoisotopic (exact) mass is 368 g/mol. The number of nitrogens with zero attached hydrogens (tertiary/aromatic N) is 3. The van der Waals surface area contributed by atoms with Gasteiger partial charge in [0.25, 0.3) is 6.47 Å². The smallest absolute Gasteiger partial charge is 0.451 e. The fraction of sp³-hybridized carbons (Fsp3) is 0.231. The molecule has 2 aromatic rings. The van der Waals surface area contributed by atoms with E-state index in [0.29, 0.717) is 6.20 Å². The molecule has 25 heavy (non-hydrogen) atoms. The minimum Gasteiger partial charge on any atom is -0.483 e. The van der Waals surface area contributed by atoms with Crippen molar-refractivity contribution >= 4 is 6.47 Å². The molecule has 0 bridgehead atoms. The zero-order chi connectivity index (χ0) is 19.3. The highest BCUT2D eigenvalue weighted by molar-refractivity contribution is 5.58. The van der Waals surface area contributed by atoms with Crippen molar-refractivity contribution in [1.82, 2.24) is 15.0 Å². The van der Waals surface area contributed by atoms with E-state index in [1.807, 2.05) is 0 Å². The third-order valence-electron chi connectivity index (χ3n) is 2.72. The number of pyridine rings is 1. The van der Waals surface area contributed by atoms with E-state index in [1.54, 1.807) is 0 Å². The van der Waals surface area contributed by atoms with E-state index >= 15 is 0 Å². The van der Waals surface area contributed by atoms with E-state index in [2.05, 4.69) is 15.0 Å². The van der Waals surface area contributed by atoms with Crippen LogP contribution in [0.15, 0.2) is 24.7 Å². The van der Waals surface area contributed by atoms with Gasteiger partial charge in [0, 0.05) is 30.7 Å². The summed E-state index contributed by atoms with van der Waals surface area (Å²) in [5, 5.41) is 6.89. The Kier molecular flexibility index (Phi) is 6.39. The van der Waals surface area contributed by atoms with Crippen LogP contribution in [0.1, 0.15) is 17.0 Å². The lowest BCUT2D eigenvalue weighted by Crippen LogP contribution is -2.13. The molecule has 2 rings (SSSR count). The molecule has 0 aliphatic carbocycles. The molecule has 0 aromatic carbocycles. The molecule has 0 saturated heterocycles. The molecule has 0 spiro atoms. The van der Waals surface area contributed by atoms with Gasteiger partial charge in [0.05, 0.1) is 11.3 Å². The average Bonchev–Trinajstić information content (AvgIpc) is 2.53. The Labute approximate surface area is 136 Å². The first kappa shape index (κ1) is 20.3. The van der Waals surface area contributed by atoms with Crippen LogP contribution in [0.2, 0.25) is 0 Å².